The molecule has 1 aliphatic heterocycles. The van der Waals surface area contributed by atoms with Crippen molar-refractivity contribution in [2.75, 3.05) is 13.7 Å². The smallest absolute Gasteiger partial charge is 0.304 e. The molecule has 1 unspecified atom stereocenters. The van der Waals surface area contributed by atoms with E-state index in [0.29, 0.717) is 6.61 Å². The van der Waals surface area contributed by atoms with E-state index in [0.717, 1.165) is 29.9 Å². The predicted octanol–water partition coefficient (Wildman–Crippen LogP) is 5.61. The van der Waals surface area contributed by atoms with E-state index in [1.807, 2.05) is 18.2 Å². The van der Waals surface area contributed by atoms with Crippen molar-refractivity contribution in [3.05, 3.63) is 58.7 Å². The lowest BCUT2D eigenvalue weighted by Crippen LogP contribution is -2.39. The molecule has 166 valence electrons. The SMILES string of the molecule is CO[C@@](C)(c1cccc2c1CC[C@@H]2Oc1ccc2c(c1)OCC2CC(=O)O)C(C)(C)C. The van der Waals surface area contributed by atoms with Crippen molar-refractivity contribution in [1.82, 2.24) is 0 Å². The number of rotatable bonds is 6. The van der Waals surface area contributed by atoms with Gasteiger partial charge in [-0.1, -0.05) is 45.0 Å². The molecule has 2 aromatic carbocycles. The first-order valence-electron chi connectivity index (χ1n) is 11.0. The number of benzene rings is 2. The molecule has 3 atom stereocenters. The molecular weight excluding hydrogens is 392 g/mol. The lowest BCUT2D eigenvalue weighted by atomic mass is 9.71. The van der Waals surface area contributed by atoms with Gasteiger partial charge in [-0.25, -0.2) is 0 Å². The summed E-state index contributed by atoms with van der Waals surface area (Å²) in [6.45, 7) is 9.20. The fourth-order valence-electron chi connectivity index (χ4n) is 4.88. The molecule has 4 rings (SSSR count). The number of fused-ring (bicyclic) bond motifs is 2. The monoisotopic (exact) mass is 424 g/mol. The van der Waals surface area contributed by atoms with E-state index in [1.165, 1.54) is 16.7 Å². The van der Waals surface area contributed by atoms with Crippen LogP contribution in [0.25, 0.3) is 0 Å². The third-order valence-electron chi connectivity index (χ3n) is 7.13. The quantitative estimate of drug-likeness (QED) is 0.653. The van der Waals surface area contributed by atoms with Crippen LogP contribution in [0.15, 0.2) is 36.4 Å². The van der Waals surface area contributed by atoms with Crippen LogP contribution in [0.1, 0.15) is 74.8 Å². The second kappa shape index (κ2) is 7.86. The van der Waals surface area contributed by atoms with Crippen molar-refractivity contribution >= 4 is 5.97 Å². The minimum absolute atomic E-state index is 0.0229. The first kappa shape index (κ1) is 21.7. The molecule has 0 radical (unpaired) electrons. The topological polar surface area (TPSA) is 65.0 Å². The molecule has 5 heteroatoms. The van der Waals surface area contributed by atoms with Crippen molar-refractivity contribution in [2.45, 2.75) is 64.6 Å². The minimum Gasteiger partial charge on any atom is -0.492 e. The number of aliphatic carboxylic acids is 1. The van der Waals surface area contributed by atoms with Gasteiger partial charge in [0.25, 0.3) is 0 Å². The summed E-state index contributed by atoms with van der Waals surface area (Å²) in [5.74, 6) is 0.581. The highest BCUT2D eigenvalue weighted by Gasteiger charge is 2.42. The van der Waals surface area contributed by atoms with Gasteiger partial charge in [0.1, 0.15) is 17.6 Å². The van der Waals surface area contributed by atoms with Gasteiger partial charge in [-0.05, 0) is 47.9 Å². The molecule has 31 heavy (non-hydrogen) atoms. The zero-order chi connectivity index (χ0) is 22.4. The Kier molecular flexibility index (Phi) is 5.50. The van der Waals surface area contributed by atoms with E-state index in [1.54, 1.807) is 7.11 Å². The Balaban J connectivity index is 1.59. The summed E-state index contributed by atoms with van der Waals surface area (Å²) in [6, 6.07) is 12.2. The van der Waals surface area contributed by atoms with Gasteiger partial charge in [-0.15, -0.1) is 0 Å². The highest BCUT2D eigenvalue weighted by atomic mass is 16.5. The van der Waals surface area contributed by atoms with Crippen molar-refractivity contribution < 1.29 is 24.1 Å². The summed E-state index contributed by atoms with van der Waals surface area (Å²) in [5, 5.41) is 9.10. The van der Waals surface area contributed by atoms with Gasteiger partial charge in [-0.3, -0.25) is 4.79 Å². The fraction of sp³-hybridized carbons (Fsp3) is 0.500. The Morgan fingerprint density at radius 3 is 2.61 bits per heavy atom. The number of hydrogen-bond acceptors (Lipinski definition) is 4. The van der Waals surface area contributed by atoms with E-state index in [2.05, 4.69) is 45.9 Å². The van der Waals surface area contributed by atoms with Gasteiger partial charge in [0.2, 0.25) is 0 Å². The van der Waals surface area contributed by atoms with Crippen LogP contribution >= 0.6 is 0 Å². The molecule has 0 fully saturated rings. The normalized spacial score (nSPS) is 21.7. The van der Waals surface area contributed by atoms with Crippen LogP contribution in [-0.2, 0) is 21.6 Å². The zero-order valence-electron chi connectivity index (χ0n) is 19.0. The molecule has 0 saturated carbocycles. The first-order chi connectivity index (χ1) is 14.6. The van der Waals surface area contributed by atoms with Gasteiger partial charge in [-0.2, -0.15) is 0 Å². The minimum atomic E-state index is -0.807. The van der Waals surface area contributed by atoms with Crippen LogP contribution < -0.4 is 9.47 Å². The number of methoxy groups -OCH3 is 1. The van der Waals surface area contributed by atoms with Crippen LogP contribution in [0.3, 0.4) is 0 Å². The Labute approximate surface area is 184 Å². The Morgan fingerprint density at radius 1 is 1.16 bits per heavy atom. The lowest BCUT2D eigenvalue weighted by molar-refractivity contribution is -0.137. The largest absolute Gasteiger partial charge is 0.492 e. The summed E-state index contributed by atoms with van der Waals surface area (Å²) in [7, 11) is 1.79. The van der Waals surface area contributed by atoms with Crippen LogP contribution in [-0.4, -0.2) is 24.8 Å². The number of hydrogen-bond donors (Lipinski definition) is 1. The van der Waals surface area contributed by atoms with Crippen molar-refractivity contribution in [1.29, 1.82) is 0 Å². The van der Waals surface area contributed by atoms with E-state index in [9.17, 15) is 4.79 Å². The third kappa shape index (κ3) is 3.80. The molecule has 0 saturated heterocycles. The highest BCUT2D eigenvalue weighted by Crippen LogP contribution is 2.48. The molecule has 2 aromatic rings. The van der Waals surface area contributed by atoms with Crippen LogP contribution in [0.4, 0.5) is 0 Å². The number of carbonyl (C=O) groups is 1. The highest BCUT2D eigenvalue weighted by molar-refractivity contribution is 5.68. The molecule has 2 aliphatic rings. The Hall–Kier alpha value is -2.53. The maximum atomic E-state index is 11.1. The van der Waals surface area contributed by atoms with E-state index in [-0.39, 0.29) is 23.9 Å². The van der Waals surface area contributed by atoms with Crippen LogP contribution in [0, 0.1) is 5.41 Å². The van der Waals surface area contributed by atoms with Gasteiger partial charge >= 0.3 is 5.97 Å². The molecular formula is C26H32O5. The maximum Gasteiger partial charge on any atom is 0.304 e. The number of carboxylic acid groups (broad SMARTS) is 1. The van der Waals surface area contributed by atoms with Gasteiger partial charge in [0.15, 0.2) is 0 Å². The average molecular weight is 425 g/mol. The third-order valence-corrected chi connectivity index (χ3v) is 7.13. The Morgan fingerprint density at radius 2 is 1.94 bits per heavy atom. The standard InChI is InChI=1S/C26H32O5/c1-25(2,3)26(4,29-5)21-8-6-7-20-19(21)11-12-22(20)31-17-9-10-18-16(13-24(27)28)15-30-23(18)14-17/h6-10,14,16,22H,11-13,15H2,1-5H3,(H,27,28)/t16?,22-,26-/m0/s1. The fourth-order valence-corrected chi connectivity index (χ4v) is 4.88. The zero-order valence-corrected chi connectivity index (χ0v) is 19.0. The van der Waals surface area contributed by atoms with E-state index < -0.39 is 11.6 Å². The first-order valence-corrected chi connectivity index (χ1v) is 11.0. The summed E-state index contributed by atoms with van der Waals surface area (Å²) >= 11 is 0. The summed E-state index contributed by atoms with van der Waals surface area (Å²) < 4.78 is 18.2. The van der Waals surface area contributed by atoms with Crippen LogP contribution in [0.5, 0.6) is 11.5 Å². The molecule has 1 aliphatic carbocycles. The molecule has 1 N–H and O–H groups in total. The molecule has 5 nitrogen and oxygen atoms in total. The number of carboxylic acids is 1. The predicted molar refractivity (Wildman–Crippen MR) is 119 cm³/mol. The van der Waals surface area contributed by atoms with Crippen molar-refractivity contribution in [2.24, 2.45) is 5.41 Å². The van der Waals surface area contributed by atoms with Gasteiger partial charge in [0, 0.05) is 24.7 Å². The average Bonchev–Trinajstić information content (AvgIpc) is 3.30. The molecule has 0 amide bonds. The van der Waals surface area contributed by atoms with Gasteiger partial charge in [0.05, 0.1) is 18.6 Å². The number of ether oxygens (including phenoxy) is 3. The Bertz CT molecular complexity index is 990. The van der Waals surface area contributed by atoms with E-state index >= 15 is 0 Å². The molecule has 0 bridgehead atoms. The maximum absolute atomic E-state index is 11.1. The van der Waals surface area contributed by atoms with Crippen molar-refractivity contribution in [3.8, 4) is 11.5 Å². The molecule has 0 spiro atoms. The molecule has 1 heterocycles. The summed E-state index contributed by atoms with van der Waals surface area (Å²) in [5.41, 5.74) is 4.28. The van der Waals surface area contributed by atoms with Crippen LogP contribution in [0.2, 0.25) is 0 Å². The lowest BCUT2D eigenvalue weighted by Gasteiger charge is -2.42. The summed E-state index contributed by atoms with van der Waals surface area (Å²) in [4.78, 5) is 11.1. The second-order valence-electron chi connectivity index (χ2n) is 9.81. The summed E-state index contributed by atoms with van der Waals surface area (Å²) in [6.07, 6.45) is 1.92. The van der Waals surface area contributed by atoms with Gasteiger partial charge < -0.3 is 19.3 Å². The van der Waals surface area contributed by atoms with E-state index in [4.69, 9.17) is 19.3 Å². The molecule has 0 aromatic heterocycles. The second-order valence-corrected chi connectivity index (χ2v) is 9.81. The van der Waals surface area contributed by atoms with Crippen molar-refractivity contribution in [3.63, 3.8) is 0 Å².